The highest BCUT2D eigenvalue weighted by Gasteiger charge is 1.99. The molecule has 104 valence electrons. The molecule has 1 rings (SSSR count). The van der Waals surface area contributed by atoms with Crippen molar-refractivity contribution in [2.75, 3.05) is 19.6 Å². The van der Waals surface area contributed by atoms with Gasteiger partial charge in [-0.3, -0.25) is 0 Å². The summed E-state index contributed by atoms with van der Waals surface area (Å²) < 4.78 is 0. The lowest BCUT2D eigenvalue weighted by Crippen LogP contribution is -2.19. The molecule has 0 heterocycles. The number of rotatable bonds is 9. The van der Waals surface area contributed by atoms with Gasteiger partial charge in [-0.1, -0.05) is 44.7 Å². The van der Waals surface area contributed by atoms with Gasteiger partial charge in [0, 0.05) is 0 Å². The molecule has 1 aromatic rings. The molecule has 0 radical (unpaired) electrons. The normalized spacial score (nSPS) is 11.9. The van der Waals surface area contributed by atoms with E-state index in [1.807, 2.05) is 0 Å². The van der Waals surface area contributed by atoms with E-state index in [0.717, 1.165) is 38.4 Å². The monoisotopic (exact) mass is 250 g/mol. The second-order valence-electron chi connectivity index (χ2n) is 4.81. The Morgan fingerprint density at radius 1 is 1.11 bits per heavy atom. The molecule has 0 aliphatic carbocycles. The van der Waals surface area contributed by atoms with Gasteiger partial charge >= 0.3 is 0 Å². The van der Waals surface area contributed by atoms with Crippen molar-refractivity contribution in [3.8, 4) is 0 Å². The van der Waals surface area contributed by atoms with E-state index >= 15 is 0 Å². The SMILES string of the molecule is C.CC(CCN)CCCNCCc1ccccc1. The number of benzene rings is 1. The largest absolute Gasteiger partial charge is 0.330 e. The lowest BCUT2D eigenvalue weighted by Gasteiger charge is -2.10. The highest BCUT2D eigenvalue weighted by molar-refractivity contribution is 5.14. The topological polar surface area (TPSA) is 38.0 Å². The van der Waals surface area contributed by atoms with Crippen molar-refractivity contribution in [3.63, 3.8) is 0 Å². The molecule has 18 heavy (non-hydrogen) atoms. The van der Waals surface area contributed by atoms with Gasteiger partial charge in [0.2, 0.25) is 0 Å². The zero-order chi connectivity index (χ0) is 12.3. The molecule has 0 saturated carbocycles. The quantitative estimate of drug-likeness (QED) is 0.660. The molecule has 2 heteroatoms. The third-order valence-corrected chi connectivity index (χ3v) is 3.14. The fourth-order valence-corrected chi connectivity index (χ4v) is 2.01. The van der Waals surface area contributed by atoms with Crippen molar-refractivity contribution < 1.29 is 0 Å². The van der Waals surface area contributed by atoms with Crippen LogP contribution in [0.5, 0.6) is 0 Å². The molecular formula is C16H30N2. The van der Waals surface area contributed by atoms with Crippen LogP contribution in [0.25, 0.3) is 0 Å². The minimum Gasteiger partial charge on any atom is -0.330 e. The van der Waals surface area contributed by atoms with E-state index < -0.39 is 0 Å². The van der Waals surface area contributed by atoms with Crippen LogP contribution in [0, 0.1) is 5.92 Å². The van der Waals surface area contributed by atoms with E-state index in [2.05, 4.69) is 42.6 Å². The molecule has 0 spiro atoms. The van der Waals surface area contributed by atoms with E-state index in [4.69, 9.17) is 5.73 Å². The lowest BCUT2D eigenvalue weighted by atomic mass is 10.0. The zero-order valence-electron chi connectivity index (χ0n) is 11.0. The smallest absolute Gasteiger partial charge is 0.000835 e. The lowest BCUT2D eigenvalue weighted by molar-refractivity contribution is 0.469. The molecule has 2 nitrogen and oxygen atoms in total. The summed E-state index contributed by atoms with van der Waals surface area (Å²) in [5.74, 6) is 0.774. The molecular weight excluding hydrogens is 220 g/mol. The Labute approximate surface area is 113 Å². The van der Waals surface area contributed by atoms with Crippen LogP contribution >= 0.6 is 0 Å². The van der Waals surface area contributed by atoms with Crippen molar-refractivity contribution in [2.24, 2.45) is 11.7 Å². The summed E-state index contributed by atoms with van der Waals surface area (Å²) in [5, 5.41) is 3.50. The Bertz CT molecular complexity index is 272. The Morgan fingerprint density at radius 2 is 1.83 bits per heavy atom. The number of nitrogens with two attached hydrogens (primary N) is 1. The summed E-state index contributed by atoms with van der Waals surface area (Å²) in [6.07, 6.45) is 4.83. The van der Waals surface area contributed by atoms with Gasteiger partial charge in [-0.05, 0) is 56.8 Å². The van der Waals surface area contributed by atoms with Gasteiger partial charge in [-0.2, -0.15) is 0 Å². The molecule has 0 saturated heterocycles. The van der Waals surface area contributed by atoms with Gasteiger partial charge in [0.15, 0.2) is 0 Å². The average Bonchev–Trinajstić information content (AvgIpc) is 2.35. The van der Waals surface area contributed by atoms with Crippen LogP contribution in [-0.2, 0) is 6.42 Å². The molecule has 1 atom stereocenters. The Kier molecular flexibility index (Phi) is 10.7. The zero-order valence-corrected chi connectivity index (χ0v) is 11.0. The van der Waals surface area contributed by atoms with E-state index in [1.54, 1.807) is 0 Å². The Morgan fingerprint density at radius 3 is 2.50 bits per heavy atom. The van der Waals surface area contributed by atoms with Crippen LogP contribution in [-0.4, -0.2) is 19.6 Å². The van der Waals surface area contributed by atoms with Crippen molar-refractivity contribution in [3.05, 3.63) is 35.9 Å². The summed E-state index contributed by atoms with van der Waals surface area (Å²) in [5.41, 5.74) is 6.94. The van der Waals surface area contributed by atoms with Crippen molar-refractivity contribution in [1.29, 1.82) is 0 Å². The van der Waals surface area contributed by atoms with E-state index in [1.165, 1.54) is 18.4 Å². The van der Waals surface area contributed by atoms with E-state index in [9.17, 15) is 0 Å². The van der Waals surface area contributed by atoms with Gasteiger partial charge < -0.3 is 11.1 Å². The number of hydrogen-bond acceptors (Lipinski definition) is 2. The molecule has 3 N–H and O–H groups in total. The van der Waals surface area contributed by atoms with Crippen LogP contribution in [0.1, 0.15) is 39.2 Å². The maximum absolute atomic E-state index is 5.53. The molecule has 0 bridgehead atoms. The minimum atomic E-state index is 0. The van der Waals surface area contributed by atoms with Gasteiger partial charge in [0.1, 0.15) is 0 Å². The van der Waals surface area contributed by atoms with E-state index in [-0.39, 0.29) is 7.43 Å². The van der Waals surface area contributed by atoms with Gasteiger partial charge in [0.05, 0.1) is 0 Å². The van der Waals surface area contributed by atoms with Gasteiger partial charge in [0.25, 0.3) is 0 Å². The van der Waals surface area contributed by atoms with Crippen molar-refractivity contribution in [1.82, 2.24) is 5.32 Å². The molecule has 1 aromatic carbocycles. The van der Waals surface area contributed by atoms with Crippen LogP contribution in [0.4, 0.5) is 0 Å². The van der Waals surface area contributed by atoms with E-state index in [0.29, 0.717) is 0 Å². The summed E-state index contributed by atoms with van der Waals surface area (Å²) in [4.78, 5) is 0. The third kappa shape index (κ3) is 8.26. The summed E-state index contributed by atoms with van der Waals surface area (Å²) in [6.45, 7) is 5.32. The first-order valence-electron chi connectivity index (χ1n) is 6.77. The van der Waals surface area contributed by atoms with Crippen LogP contribution in [0.2, 0.25) is 0 Å². The Hall–Kier alpha value is -0.860. The minimum absolute atomic E-state index is 0. The fourth-order valence-electron chi connectivity index (χ4n) is 2.01. The van der Waals surface area contributed by atoms with Crippen LogP contribution < -0.4 is 11.1 Å². The van der Waals surface area contributed by atoms with Crippen molar-refractivity contribution in [2.45, 2.75) is 40.0 Å². The fraction of sp³-hybridized carbons (Fsp3) is 0.625. The highest BCUT2D eigenvalue weighted by Crippen LogP contribution is 2.07. The average molecular weight is 250 g/mol. The molecule has 0 fully saturated rings. The highest BCUT2D eigenvalue weighted by atomic mass is 14.8. The van der Waals surface area contributed by atoms with Crippen molar-refractivity contribution >= 4 is 0 Å². The van der Waals surface area contributed by atoms with Gasteiger partial charge in [-0.25, -0.2) is 0 Å². The predicted octanol–water partition coefficient (Wildman–Crippen LogP) is 3.22. The first kappa shape index (κ1) is 17.1. The molecule has 0 amide bonds. The number of hydrogen-bond donors (Lipinski definition) is 2. The van der Waals surface area contributed by atoms with Crippen LogP contribution in [0.3, 0.4) is 0 Å². The third-order valence-electron chi connectivity index (χ3n) is 3.14. The molecule has 0 aromatic heterocycles. The first-order chi connectivity index (χ1) is 8.33. The first-order valence-corrected chi connectivity index (χ1v) is 6.77. The maximum atomic E-state index is 5.53. The summed E-state index contributed by atoms with van der Waals surface area (Å²) in [6, 6.07) is 10.6. The maximum Gasteiger partial charge on any atom is -0.000835 e. The summed E-state index contributed by atoms with van der Waals surface area (Å²) >= 11 is 0. The summed E-state index contributed by atoms with van der Waals surface area (Å²) in [7, 11) is 0. The predicted molar refractivity (Wildman–Crippen MR) is 81.8 cm³/mol. The number of nitrogens with one attached hydrogen (secondary N) is 1. The second kappa shape index (κ2) is 11.2. The molecule has 0 aliphatic rings. The Balaban J connectivity index is 0.00000289. The molecule has 1 unspecified atom stereocenters. The van der Waals surface area contributed by atoms with Crippen LogP contribution in [0.15, 0.2) is 30.3 Å². The van der Waals surface area contributed by atoms with Gasteiger partial charge in [-0.15, -0.1) is 0 Å². The standard InChI is InChI=1S/C15H26N2.CH4/c1-14(9-11-16)6-5-12-17-13-10-15-7-3-2-4-8-15;/h2-4,7-8,14,17H,5-6,9-13,16H2,1H3;1H4. The second-order valence-corrected chi connectivity index (χ2v) is 4.81. The molecule has 0 aliphatic heterocycles.